The van der Waals surface area contributed by atoms with Crippen LogP contribution in [0.2, 0.25) is 0 Å². The van der Waals surface area contributed by atoms with Gasteiger partial charge in [0.25, 0.3) is 0 Å². The lowest BCUT2D eigenvalue weighted by atomic mass is 9.98. The van der Waals surface area contributed by atoms with Crippen molar-refractivity contribution < 1.29 is 27.9 Å². The standard InChI is InChI=1S/C24H29FN2O5/c1-3-31-24(30)17-7-6-14-27(15-17)23(29)16-26(2)22(28)13-11-18-10-12-21(32-18)19-8-4-5-9-20(19)25/h4-5,8-10,12,17H,3,6-7,11,13-16H2,1-2H3. The summed E-state index contributed by atoms with van der Waals surface area (Å²) in [5, 5.41) is 0. The Morgan fingerprint density at radius 2 is 2.00 bits per heavy atom. The molecule has 7 nitrogen and oxygen atoms in total. The molecule has 2 amide bonds. The largest absolute Gasteiger partial charge is 0.466 e. The van der Waals surface area contributed by atoms with Gasteiger partial charge in [0.1, 0.15) is 17.3 Å². The molecular weight excluding hydrogens is 415 g/mol. The number of amides is 2. The topological polar surface area (TPSA) is 80.1 Å². The van der Waals surface area contributed by atoms with E-state index in [1.54, 1.807) is 49.2 Å². The Labute approximate surface area is 187 Å². The molecule has 0 N–H and O–H groups in total. The van der Waals surface area contributed by atoms with Gasteiger partial charge in [0.2, 0.25) is 11.8 Å². The minimum Gasteiger partial charge on any atom is -0.466 e. The summed E-state index contributed by atoms with van der Waals surface area (Å²) in [6, 6.07) is 9.75. The summed E-state index contributed by atoms with van der Waals surface area (Å²) >= 11 is 0. The molecule has 0 radical (unpaired) electrons. The van der Waals surface area contributed by atoms with E-state index in [9.17, 15) is 18.8 Å². The Kier molecular flexibility index (Phi) is 8.03. The third kappa shape index (κ3) is 5.96. The molecule has 0 spiro atoms. The van der Waals surface area contributed by atoms with Gasteiger partial charge in [-0.15, -0.1) is 0 Å². The molecular formula is C24H29FN2O5. The van der Waals surface area contributed by atoms with Crippen molar-refractivity contribution in [1.82, 2.24) is 9.80 Å². The average molecular weight is 445 g/mol. The number of likely N-dealkylation sites (tertiary alicyclic amines) is 1. The number of esters is 1. The van der Waals surface area contributed by atoms with Gasteiger partial charge in [0, 0.05) is 33.0 Å². The van der Waals surface area contributed by atoms with Gasteiger partial charge in [0.05, 0.1) is 24.6 Å². The highest BCUT2D eigenvalue weighted by molar-refractivity contribution is 5.85. The fourth-order valence-electron chi connectivity index (χ4n) is 3.79. The maximum atomic E-state index is 13.9. The highest BCUT2D eigenvalue weighted by Gasteiger charge is 2.30. The number of rotatable bonds is 8. The molecule has 2 heterocycles. The molecule has 0 bridgehead atoms. The molecule has 2 aromatic rings. The Balaban J connectivity index is 1.48. The number of nitrogens with zero attached hydrogens (tertiary/aromatic N) is 2. The first-order valence-electron chi connectivity index (χ1n) is 10.9. The van der Waals surface area contributed by atoms with Crippen molar-refractivity contribution in [3.63, 3.8) is 0 Å². The molecule has 1 fully saturated rings. The number of aryl methyl sites for hydroxylation is 1. The smallest absolute Gasteiger partial charge is 0.310 e. The Hall–Kier alpha value is -3.16. The van der Waals surface area contributed by atoms with Crippen LogP contribution in [0.5, 0.6) is 0 Å². The van der Waals surface area contributed by atoms with E-state index in [2.05, 4.69) is 0 Å². The van der Waals surface area contributed by atoms with Crippen LogP contribution in [-0.4, -0.2) is 60.9 Å². The van der Waals surface area contributed by atoms with E-state index in [0.717, 1.165) is 6.42 Å². The van der Waals surface area contributed by atoms with E-state index in [1.165, 1.54) is 11.0 Å². The minimum atomic E-state index is -0.370. The molecule has 1 atom stereocenters. The third-order valence-corrected chi connectivity index (χ3v) is 5.58. The van der Waals surface area contributed by atoms with Gasteiger partial charge in [-0.2, -0.15) is 0 Å². The molecule has 0 aliphatic carbocycles. The zero-order chi connectivity index (χ0) is 23.1. The molecule has 0 saturated carbocycles. The molecule has 1 aliphatic rings. The molecule has 172 valence electrons. The number of hydrogen-bond acceptors (Lipinski definition) is 5. The highest BCUT2D eigenvalue weighted by atomic mass is 19.1. The molecule has 1 saturated heterocycles. The second kappa shape index (κ2) is 10.9. The van der Waals surface area contributed by atoms with Gasteiger partial charge in [-0.05, 0) is 44.0 Å². The monoisotopic (exact) mass is 444 g/mol. The van der Waals surface area contributed by atoms with Gasteiger partial charge in [-0.3, -0.25) is 14.4 Å². The van der Waals surface area contributed by atoms with Crippen LogP contribution in [0.4, 0.5) is 4.39 Å². The third-order valence-electron chi connectivity index (χ3n) is 5.58. The number of carbonyl (C=O) groups is 3. The SMILES string of the molecule is CCOC(=O)C1CCCN(C(=O)CN(C)C(=O)CCc2ccc(-c3ccccc3F)o2)C1. The van der Waals surface area contributed by atoms with Crippen LogP contribution in [0.25, 0.3) is 11.3 Å². The predicted molar refractivity (Wildman–Crippen MR) is 116 cm³/mol. The quantitative estimate of drug-likeness (QED) is 0.584. The van der Waals surface area contributed by atoms with Gasteiger partial charge in [-0.25, -0.2) is 4.39 Å². The van der Waals surface area contributed by atoms with E-state index >= 15 is 0 Å². The average Bonchev–Trinajstić information content (AvgIpc) is 3.26. The number of piperidine rings is 1. The summed E-state index contributed by atoms with van der Waals surface area (Å²) in [6.45, 7) is 2.92. The van der Waals surface area contributed by atoms with Crippen LogP contribution in [0.15, 0.2) is 40.8 Å². The van der Waals surface area contributed by atoms with Crippen LogP contribution < -0.4 is 0 Å². The molecule has 1 aliphatic heterocycles. The maximum Gasteiger partial charge on any atom is 0.310 e. The van der Waals surface area contributed by atoms with Crippen LogP contribution >= 0.6 is 0 Å². The summed E-state index contributed by atoms with van der Waals surface area (Å²) in [6.07, 6.45) is 1.95. The van der Waals surface area contributed by atoms with Gasteiger partial charge in [0.15, 0.2) is 0 Å². The molecule has 1 unspecified atom stereocenters. The van der Waals surface area contributed by atoms with E-state index in [1.807, 2.05) is 0 Å². The van der Waals surface area contributed by atoms with E-state index in [4.69, 9.17) is 9.15 Å². The number of halogens is 1. The number of benzene rings is 1. The van der Waals surface area contributed by atoms with E-state index < -0.39 is 0 Å². The van der Waals surface area contributed by atoms with E-state index in [-0.39, 0.29) is 42.5 Å². The highest BCUT2D eigenvalue weighted by Crippen LogP contribution is 2.25. The van der Waals surface area contributed by atoms with Gasteiger partial charge in [-0.1, -0.05) is 12.1 Å². The fourth-order valence-corrected chi connectivity index (χ4v) is 3.79. The Morgan fingerprint density at radius 3 is 2.75 bits per heavy atom. The van der Waals surface area contributed by atoms with Crippen LogP contribution in [0.1, 0.15) is 31.9 Å². The number of hydrogen-bond donors (Lipinski definition) is 0. The molecule has 1 aromatic carbocycles. The summed E-state index contributed by atoms with van der Waals surface area (Å²) in [4.78, 5) is 40.1. The lowest BCUT2D eigenvalue weighted by Gasteiger charge is -2.32. The number of furan rings is 1. The second-order valence-corrected chi connectivity index (χ2v) is 7.93. The zero-order valence-electron chi connectivity index (χ0n) is 18.5. The van der Waals surface area contributed by atoms with Crippen LogP contribution in [0, 0.1) is 11.7 Å². The molecule has 32 heavy (non-hydrogen) atoms. The van der Waals surface area contributed by atoms with Crippen molar-refractivity contribution >= 4 is 17.8 Å². The Bertz CT molecular complexity index is 957. The summed E-state index contributed by atoms with van der Waals surface area (Å²) in [5.74, 6) is -0.347. The van der Waals surface area contributed by atoms with Crippen LogP contribution in [0.3, 0.4) is 0 Å². The van der Waals surface area contributed by atoms with Crippen molar-refractivity contribution in [3.05, 3.63) is 48.0 Å². The van der Waals surface area contributed by atoms with Crippen molar-refractivity contribution in [1.29, 1.82) is 0 Å². The Morgan fingerprint density at radius 1 is 1.22 bits per heavy atom. The first-order chi connectivity index (χ1) is 15.4. The number of carbonyl (C=O) groups excluding carboxylic acids is 3. The van der Waals surface area contributed by atoms with Crippen LogP contribution in [-0.2, 0) is 25.5 Å². The molecule has 8 heteroatoms. The van der Waals surface area contributed by atoms with Crippen molar-refractivity contribution in [3.8, 4) is 11.3 Å². The normalized spacial score (nSPS) is 16.0. The first kappa shape index (κ1) is 23.5. The van der Waals surface area contributed by atoms with Crippen molar-refractivity contribution in [2.24, 2.45) is 5.92 Å². The zero-order valence-corrected chi connectivity index (χ0v) is 18.5. The predicted octanol–water partition coefficient (Wildman–Crippen LogP) is 3.28. The lowest BCUT2D eigenvalue weighted by Crippen LogP contribution is -2.47. The summed E-state index contributed by atoms with van der Waals surface area (Å²) in [7, 11) is 1.58. The summed E-state index contributed by atoms with van der Waals surface area (Å²) < 4.78 is 24.7. The number of likely N-dealkylation sites (N-methyl/N-ethyl adjacent to an activating group) is 1. The van der Waals surface area contributed by atoms with Gasteiger partial charge < -0.3 is 19.0 Å². The summed E-state index contributed by atoms with van der Waals surface area (Å²) in [5.41, 5.74) is 0.371. The van der Waals surface area contributed by atoms with Gasteiger partial charge >= 0.3 is 5.97 Å². The molecule has 3 rings (SSSR count). The van der Waals surface area contributed by atoms with Crippen molar-refractivity contribution in [2.45, 2.75) is 32.6 Å². The lowest BCUT2D eigenvalue weighted by molar-refractivity contribution is -0.152. The van der Waals surface area contributed by atoms with E-state index in [0.29, 0.717) is 49.6 Å². The second-order valence-electron chi connectivity index (χ2n) is 7.93. The number of ether oxygens (including phenoxy) is 1. The minimum absolute atomic E-state index is 0.0486. The molecule has 1 aromatic heterocycles. The first-order valence-corrected chi connectivity index (χ1v) is 10.9. The maximum absolute atomic E-state index is 13.9. The fraction of sp³-hybridized carbons (Fsp3) is 0.458. The van der Waals surface area contributed by atoms with Crippen molar-refractivity contribution in [2.75, 3.05) is 33.3 Å².